The molecule has 3 rings (SSSR count). The Kier molecular flexibility index (Phi) is 2.92. The molecule has 1 saturated carbocycles. The summed E-state index contributed by atoms with van der Waals surface area (Å²) in [4.78, 5) is 4.52. The van der Waals surface area contributed by atoms with Crippen LogP contribution in [0.4, 0.5) is 4.39 Å². The maximum atomic E-state index is 13.7. The Hall–Kier alpha value is -1.26. The lowest BCUT2D eigenvalue weighted by molar-refractivity contribution is 0.120. The molecule has 0 radical (unpaired) electrons. The lowest BCUT2D eigenvalue weighted by Crippen LogP contribution is -2.37. The van der Waals surface area contributed by atoms with Crippen LogP contribution in [-0.4, -0.2) is 16.7 Å². The van der Waals surface area contributed by atoms with E-state index in [4.69, 9.17) is 0 Å². The Bertz CT molecular complexity index is 557. The van der Waals surface area contributed by atoms with Gasteiger partial charge in [0.25, 0.3) is 0 Å². The first-order valence-electron chi connectivity index (χ1n) is 6.07. The zero-order chi connectivity index (χ0) is 12.6. The standard InChI is InChI=1S/C14H14FNOS/c15-11-5-2-1-4-10(11)12-8-18-13(16-12)14(9-17)6-3-7-14/h1-2,4-5,8,17H,3,6-7,9H2. The van der Waals surface area contributed by atoms with Gasteiger partial charge in [0, 0.05) is 16.4 Å². The molecule has 1 aromatic carbocycles. The van der Waals surface area contributed by atoms with Crippen molar-refractivity contribution in [1.82, 2.24) is 4.98 Å². The molecule has 1 aliphatic carbocycles. The Morgan fingerprint density at radius 2 is 2.11 bits per heavy atom. The van der Waals surface area contributed by atoms with Gasteiger partial charge in [-0.25, -0.2) is 9.37 Å². The zero-order valence-electron chi connectivity index (χ0n) is 9.90. The monoisotopic (exact) mass is 263 g/mol. The minimum Gasteiger partial charge on any atom is -0.395 e. The third-order valence-electron chi connectivity index (χ3n) is 3.72. The van der Waals surface area contributed by atoms with Crippen molar-refractivity contribution in [2.45, 2.75) is 24.7 Å². The molecule has 18 heavy (non-hydrogen) atoms. The average molecular weight is 263 g/mol. The predicted molar refractivity (Wildman–Crippen MR) is 70.1 cm³/mol. The fourth-order valence-electron chi connectivity index (χ4n) is 2.35. The summed E-state index contributed by atoms with van der Waals surface area (Å²) in [5.74, 6) is -0.249. The van der Waals surface area contributed by atoms with Crippen molar-refractivity contribution in [2.24, 2.45) is 0 Å². The van der Waals surface area contributed by atoms with E-state index < -0.39 is 0 Å². The number of thiazole rings is 1. The van der Waals surface area contributed by atoms with Crippen LogP contribution >= 0.6 is 11.3 Å². The van der Waals surface area contributed by atoms with Crippen molar-refractivity contribution in [3.63, 3.8) is 0 Å². The van der Waals surface area contributed by atoms with Gasteiger partial charge in [-0.2, -0.15) is 0 Å². The summed E-state index contributed by atoms with van der Waals surface area (Å²) in [6.45, 7) is 0.136. The number of halogens is 1. The zero-order valence-corrected chi connectivity index (χ0v) is 10.7. The molecule has 0 aliphatic heterocycles. The number of rotatable bonds is 3. The van der Waals surface area contributed by atoms with Crippen LogP contribution in [0.1, 0.15) is 24.3 Å². The Morgan fingerprint density at radius 1 is 1.33 bits per heavy atom. The smallest absolute Gasteiger partial charge is 0.132 e. The summed E-state index contributed by atoms with van der Waals surface area (Å²) in [6, 6.07) is 6.66. The van der Waals surface area contributed by atoms with Crippen LogP contribution in [0.2, 0.25) is 0 Å². The SMILES string of the molecule is OCC1(c2nc(-c3ccccc3F)cs2)CCC1. The molecule has 2 nitrogen and oxygen atoms in total. The van der Waals surface area contributed by atoms with Gasteiger partial charge < -0.3 is 5.11 Å². The van der Waals surface area contributed by atoms with E-state index in [2.05, 4.69) is 4.98 Å². The van der Waals surface area contributed by atoms with Gasteiger partial charge in [-0.15, -0.1) is 11.3 Å². The molecule has 0 atom stereocenters. The van der Waals surface area contributed by atoms with E-state index in [0.29, 0.717) is 11.3 Å². The first-order chi connectivity index (χ1) is 8.75. The number of hydrogen-bond donors (Lipinski definition) is 1. The Morgan fingerprint density at radius 3 is 2.72 bits per heavy atom. The summed E-state index contributed by atoms with van der Waals surface area (Å²) >= 11 is 1.52. The normalized spacial score (nSPS) is 17.4. The third-order valence-corrected chi connectivity index (χ3v) is 4.81. The first kappa shape index (κ1) is 11.8. The van der Waals surface area contributed by atoms with Crippen molar-refractivity contribution in [2.75, 3.05) is 6.61 Å². The van der Waals surface area contributed by atoms with Crippen molar-refractivity contribution in [1.29, 1.82) is 0 Å². The number of hydrogen-bond acceptors (Lipinski definition) is 3. The van der Waals surface area contributed by atoms with Gasteiger partial charge in [0.05, 0.1) is 12.3 Å². The molecule has 1 heterocycles. The quantitative estimate of drug-likeness (QED) is 0.921. The lowest BCUT2D eigenvalue weighted by Gasteiger charge is -2.38. The molecule has 0 amide bonds. The molecule has 4 heteroatoms. The molecule has 1 fully saturated rings. The summed E-state index contributed by atoms with van der Waals surface area (Å²) in [6.07, 6.45) is 3.09. The van der Waals surface area contributed by atoms with Crippen LogP contribution in [0, 0.1) is 5.82 Å². The van der Waals surface area contributed by atoms with Crippen LogP contribution in [0.3, 0.4) is 0 Å². The maximum absolute atomic E-state index is 13.7. The second-order valence-corrected chi connectivity index (χ2v) is 5.67. The van der Waals surface area contributed by atoms with Gasteiger partial charge in [-0.05, 0) is 25.0 Å². The van der Waals surface area contributed by atoms with Crippen molar-refractivity contribution in [3.05, 3.63) is 40.5 Å². The van der Waals surface area contributed by atoms with Crippen molar-refractivity contribution in [3.8, 4) is 11.3 Å². The van der Waals surface area contributed by atoms with Crippen LogP contribution in [0.5, 0.6) is 0 Å². The molecule has 1 aromatic heterocycles. The highest BCUT2D eigenvalue weighted by Crippen LogP contribution is 2.45. The Labute approximate surface area is 109 Å². The van der Waals surface area contributed by atoms with Gasteiger partial charge in [0.15, 0.2) is 0 Å². The Balaban J connectivity index is 1.97. The lowest BCUT2D eigenvalue weighted by atomic mass is 9.70. The minimum atomic E-state index is -0.249. The molecule has 0 saturated heterocycles. The molecule has 1 aliphatic rings. The van der Waals surface area contributed by atoms with Crippen molar-refractivity contribution < 1.29 is 9.50 Å². The third kappa shape index (κ3) is 1.76. The van der Waals surface area contributed by atoms with Crippen LogP contribution < -0.4 is 0 Å². The van der Waals surface area contributed by atoms with Gasteiger partial charge in [0.2, 0.25) is 0 Å². The topological polar surface area (TPSA) is 33.1 Å². The van der Waals surface area contributed by atoms with Gasteiger partial charge >= 0.3 is 0 Å². The van der Waals surface area contributed by atoms with E-state index in [0.717, 1.165) is 24.3 Å². The molecule has 2 aromatic rings. The molecule has 0 unspecified atom stereocenters. The molecule has 1 N–H and O–H groups in total. The van der Waals surface area contributed by atoms with Crippen LogP contribution in [0.15, 0.2) is 29.6 Å². The van der Waals surface area contributed by atoms with Crippen LogP contribution in [-0.2, 0) is 5.41 Å². The molecule has 0 spiro atoms. The van der Waals surface area contributed by atoms with Crippen LogP contribution in [0.25, 0.3) is 11.3 Å². The molecular formula is C14H14FNOS. The molecule has 0 bridgehead atoms. The highest BCUT2D eigenvalue weighted by molar-refractivity contribution is 7.10. The number of aliphatic hydroxyl groups is 1. The van der Waals surface area contributed by atoms with Gasteiger partial charge in [-0.3, -0.25) is 0 Å². The first-order valence-corrected chi connectivity index (χ1v) is 6.95. The summed E-state index contributed by atoms with van der Waals surface area (Å²) < 4.78 is 13.7. The fraction of sp³-hybridized carbons (Fsp3) is 0.357. The summed E-state index contributed by atoms with van der Waals surface area (Å²) in [5, 5.41) is 12.3. The fourth-order valence-corrected chi connectivity index (χ4v) is 3.43. The highest BCUT2D eigenvalue weighted by Gasteiger charge is 2.40. The number of benzene rings is 1. The average Bonchev–Trinajstić information content (AvgIpc) is 2.79. The highest BCUT2D eigenvalue weighted by atomic mass is 32.1. The summed E-state index contributed by atoms with van der Waals surface area (Å²) in [7, 11) is 0. The van der Waals surface area contributed by atoms with E-state index in [1.807, 2.05) is 11.4 Å². The summed E-state index contributed by atoms with van der Waals surface area (Å²) in [5.41, 5.74) is 1.05. The van der Waals surface area contributed by atoms with E-state index >= 15 is 0 Å². The molecule has 94 valence electrons. The van der Waals surface area contributed by atoms with E-state index in [1.54, 1.807) is 12.1 Å². The van der Waals surface area contributed by atoms with E-state index in [1.165, 1.54) is 17.4 Å². The van der Waals surface area contributed by atoms with Crippen molar-refractivity contribution >= 4 is 11.3 Å². The molecular weight excluding hydrogens is 249 g/mol. The number of aromatic nitrogens is 1. The van der Waals surface area contributed by atoms with E-state index in [-0.39, 0.29) is 17.8 Å². The largest absolute Gasteiger partial charge is 0.395 e. The second kappa shape index (κ2) is 4.44. The maximum Gasteiger partial charge on any atom is 0.132 e. The van der Waals surface area contributed by atoms with Gasteiger partial charge in [0.1, 0.15) is 10.8 Å². The minimum absolute atomic E-state index is 0.136. The van der Waals surface area contributed by atoms with E-state index in [9.17, 15) is 9.50 Å². The van der Waals surface area contributed by atoms with Gasteiger partial charge in [-0.1, -0.05) is 18.6 Å². The predicted octanol–water partition coefficient (Wildman–Crippen LogP) is 3.36. The second-order valence-electron chi connectivity index (χ2n) is 4.81. The number of nitrogens with zero attached hydrogens (tertiary/aromatic N) is 1. The number of aliphatic hydroxyl groups excluding tert-OH is 1.